The highest BCUT2D eigenvalue weighted by Crippen LogP contribution is 2.18. The molecule has 2 N–H and O–H groups in total. The molecule has 4 heteroatoms. The third-order valence-electron chi connectivity index (χ3n) is 3.82. The fraction of sp³-hybridized carbons (Fsp3) is 0.562. The maximum absolute atomic E-state index is 11.9. The molecule has 0 aromatic heterocycles. The van der Waals surface area contributed by atoms with Crippen LogP contribution in [0.15, 0.2) is 24.3 Å². The van der Waals surface area contributed by atoms with Crippen LogP contribution in [0.25, 0.3) is 0 Å². The molecule has 1 aliphatic rings. The van der Waals surface area contributed by atoms with Crippen molar-refractivity contribution in [3.05, 3.63) is 24.3 Å². The molecule has 1 fully saturated rings. The zero-order chi connectivity index (χ0) is 14.4. The zero-order valence-corrected chi connectivity index (χ0v) is 12.2. The Labute approximate surface area is 120 Å². The first-order valence-electron chi connectivity index (χ1n) is 7.41. The van der Waals surface area contributed by atoms with Crippen LogP contribution in [0.5, 0.6) is 5.75 Å². The first-order chi connectivity index (χ1) is 9.65. The van der Waals surface area contributed by atoms with Gasteiger partial charge in [-0.2, -0.15) is 0 Å². The molecule has 0 radical (unpaired) electrons. The van der Waals surface area contributed by atoms with Gasteiger partial charge >= 0.3 is 0 Å². The fourth-order valence-corrected chi connectivity index (χ4v) is 2.42. The van der Waals surface area contributed by atoms with Crippen molar-refractivity contribution < 1.29 is 9.53 Å². The summed E-state index contributed by atoms with van der Waals surface area (Å²) in [5.74, 6) is 1.78. The van der Waals surface area contributed by atoms with Gasteiger partial charge in [0, 0.05) is 25.2 Å². The van der Waals surface area contributed by atoms with E-state index in [9.17, 15) is 4.79 Å². The van der Waals surface area contributed by atoms with Crippen molar-refractivity contribution in [1.29, 1.82) is 0 Å². The number of hydrogen-bond acceptors (Lipinski definition) is 3. The summed E-state index contributed by atoms with van der Waals surface area (Å²) in [5.41, 5.74) is 6.36. The lowest BCUT2D eigenvalue weighted by Gasteiger charge is -2.20. The van der Waals surface area contributed by atoms with Crippen LogP contribution in [0.3, 0.4) is 0 Å². The number of rotatable bonds is 5. The molecule has 0 saturated carbocycles. The molecule has 2 rings (SSSR count). The predicted octanol–water partition coefficient (Wildman–Crippen LogP) is 2.69. The number of nitrogens with two attached hydrogens (primary N) is 1. The van der Waals surface area contributed by atoms with E-state index < -0.39 is 0 Å². The van der Waals surface area contributed by atoms with Crippen molar-refractivity contribution >= 4 is 11.6 Å². The Kier molecular flexibility index (Phi) is 5.27. The minimum absolute atomic E-state index is 0.293. The average molecular weight is 276 g/mol. The summed E-state index contributed by atoms with van der Waals surface area (Å²) >= 11 is 0. The molecule has 1 amide bonds. The molecule has 0 aliphatic carbocycles. The number of ether oxygens (including phenoxy) is 1. The first kappa shape index (κ1) is 14.7. The van der Waals surface area contributed by atoms with Crippen LogP contribution < -0.4 is 10.5 Å². The van der Waals surface area contributed by atoms with E-state index in [1.807, 2.05) is 29.2 Å². The van der Waals surface area contributed by atoms with Gasteiger partial charge in [0.1, 0.15) is 5.75 Å². The minimum Gasteiger partial charge on any atom is -0.494 e. The molecule has 1 unspecified atom stereocenters. The smallest absolute Gasteiger partial charge is 0.222 e. The summed E-state index contributed by atoms with van der Waals surface area (Å²) in [7, 11) is 0. The summed E-state index contributed by atoms with van der Waals surface area (Å²) < 4.78 is 5.65. The molecule has 1 aliphatic heterocycles. The van der Waals surface area contributed by atoms with E-state index >= 15 is 0 Å². The number of likely N-dealkylation sites (tertiary alicyclic amines) is 1. The molecule has 0 spiro atoms. The molecule has 1 heterocycles. The van der Waals surface area contributed by atoms with E-state index in [1.54, 1.807) is 0 Å². The van der Waals surface area contributed by atoms with Crippen molar-refractivity contribution in [2.75, 3.05) is 25.4 Å². The van der Waals surface area contributed by atoms with Gasteiger partial charge in [0.05, 0.1) is 6.61 Å². The fourth-order valence-electron chi connectivity index (χ4n) is 2.42. The van der Waals surface area contributed by atoms with Gasteiger partial charge in [-0.25, -0.2) is 0 Å². The van der Waals surface area contributed by atoms with Crippen LogP contribution in [-0.2, 0) is 4.79 Å². The van der Waals surface area contributed by atoms with Crippen LogP contribution in [-0.4, -0.2) is 30.5 Å². The lowest BCUT2D eigenvalue weighted by molar-refractivity contribution is -0.130. The number of hydrogen-bond donors (Lipinski definition) is 1. The van der Waals surface area contributed by atoms with Gasteiger partial charge in [-0.15, -0.1) is 0 Å². The zero-order valence-electron chi connectivity index (χ0n) is 12.2. The second kappa shape index (κ2) is 7.17. The van der Waals surface area contributed by atoms with E-state index in [4.69, 9.17) is 10.5 Å². The van der Waals surface area contributed by atoms with Crippen LogP contribution in [0, 0.1) is 5.92 Å². The molecule has 110 valence electrons. The second-order valence-electron chi connectivity index (χ2n) is 5.58. The predicted molar refractivity (Wildman–Crippen MR) is 80.6 cm³/mol. The van der Waals surface area contributed by atoms with Gasteiger partial charge < -0.3 is 15.4 Å². The van der Waals surface area contributed by atoms with Gasteiger partial charge in [0.15, 0.2) is 0 Å². The van der Waals surface area contributed by atoms with E-state index in [-0.39, 0.29) is 0 Å². The van der Waals surface area contributed by atoms with Crippen molar-refractivity contribution in [2.45, 2.75) is 32.6 Å². The number of nitrogens with zero attached hydrogens (tertiary/aromatic N) is 1. The largest absolute Gasteiger partial charge is 0.494 e. The summed E-state index contributed by atoms with van der Waals surface area (Å²) in [6.07, 6.45) is 3.70. The molecule has 1 aromatic carbocycles. The summed E-state index contributed by atoms with van der Waals surface area (Å²) in [6.45, 7) is 4.53. The minimum atomic E-state index is 0.293. The van der Waals surface area contributed by atoms with Gasteiger partial charge in [-0.1, -0.05) is 6.92 Å². The number of carbonyl (C=O) groups is 1. The highest BCUT2D eigenvalue weighted by Gasteiger charge is 2.19. The van der Waals surface area contributed by atoms with Crippen LogP contribution in [0.4, 0.5) is 5.69 Å². The topological polar surface area (TPSA) is 55.6 Å². The monoisotopic (exact) mass is 276 g/mol. The average Bonchev–Trinajstić information content (AvgIpc) is 2.60. The van der Waals surface area contributed by atoms with E-state index in [1.165, 1.54) is 0 Å². The SMILES string of the molecule is CC1CCC(=O)N(CCCOc2ccc(N)cc2)CC1. The van der Waals surface area contributed by atoms with Gasteiger partial charge in [0.2, 0.25) is 5.91 Å². The molecular weight excluding hydrogens is 252 g/mol. The Bertz CT molecular complexity index is 431. The van der Waals surface area contributed by atoms with Crippen LogP contribution >= 0.6 is 0 Å². The van der Waals surface area contributed by atoms with Crippen molar-refractivity contribution in [2.24, 2.45) is 5.92 Å². The van der Waals surface area contributed by atoms with Crippen molar-refractivity contribution in [1.82, 2.24) is 4.90 Å². The summed E-state index contributed by atoms with van der Waals surface area (Å²) in [5, 5.41) is 0. The summed E-state index contributed by atoms with van der Waals surface area (Å²) in [4.78, 5) is 13.9. The van der Waals surface area contributed by atoms with Gasteiger partial charge in [-0.05, 0) is 49.4 Å². The van der Waals surface area contributed by atoms with Crippen LogP contribution in [0.2, 0.25) is 0 Å². The third-order valence-corrected chi connectivity index (χ3v) is 3.82. The lowest BCUT2D eigenvalue weighted by atomic mass is 10.0. The molecule has 4 nitrogen and oxygen atoms in total. The van der Waals surface area contributed by atoms with Crippen molar-refractivity contribution in [3.8, 4) is 5.75 Å². The first-order valence-corrected chi connectivity index (χ1v) is 7.41. The quantitative estimate of drug-likeness (QED) is 0.664. The highest BCUT2D eigenvalue weighted by atomic mass is 16.5. The van der Waals surface area contributed by atoms with E-state index in [2.05, 4.69) is 6.92 Å². The molecular formula is C16H24N2O2. The molecule has 1 atom stereocenters. The van der Waals surface area contributed by atoms with Crippen molar-refractivity contribution in [3.63, 3.8) is 0 Å². The maximum atomic E-state index is 11.9. The van der Waals surface area contributed by atoms with E-state index in [0.717, 1.165) is 43.8 Å². The maximum Gasteiger partial charge on any atom is 0.222 e. The highest BCUT2D eigenvalue weighted by molar-refractivity contribution is 5.76. The molecule has 20 heavy (non-hydrogen) atoms. The van der Waals surface area contributed by atoms with Crippen LogP contribution in [0.1, 0.15) is 32.6 Å². The number of carbonyl (C=O) groups excluding carboxylic acids is 1. The lowest BCUT2D eigenvalue weighted by Crippen LogP contribution is -2.32. The number of benzene rings is 1. The Morgan fingerprint density at radius 2 is 2.05 bits per heavy atom. The van der Waals surface area contributed by atoms with E-state index in [0.29, 0.717) is 24.9 Å². The second-order valence-corrected chi connectivity index (χ2v) is 5.58. The molecule has 1 aromatic rings. The van der Waals surface area contributed by atoms with Gasteiger partial charge in [-0.3, -0.25) is 4.79 Å². The molecule has 1 saturated heterocycles. The number of nitrogen functional groups attached to an aromatic ring is 1. The normalized spacial score (nSPS) is 19.8. The third kappa shape index (κ3) is 4.44. The van der Waals surface area contributed by atoms with Gasteiger partial charge in [0.25, 0.3) is 0 Å². The molecule has 0 bridgehead atoms. The Balaban J connectivity index is 1.69. The Morgan fingerprint density at radius 1 is 1.30 bits per heavy atom. The number of anilines is 1. The Hall–Kier alpha value is -1.71. The summed E-state index contributed by atoms with van der Waals surface area (Å²) in [6, 6.07) is 7.40. The number of amides is 1. The Morgan fingerprint density at radius 3 is 2.80 bits per heavy atom. The standard InChI is InChI=1S/C16H24N2O2/c1-13-3-8-16(19)18(11-9-13)10-2-12-20-15-6-4-14(17)5-7-15/h4-7,13H,2-3,8-12,17H2,1H3.